The highest BCUT2D eigenvalue weighted by Gasteiger charge is 2.13. The third-order valence-corrected chi connectivity index (χ3v) is 3.58. The van der Waals surface area contributed by atoms with Gasteiger partial charge >= 0.3 is 5.76 Å². The Hall–Kier alpha value is -3.02. The van der Waals surface area contributed by atoms with Gasteiger partial charge in [0.2, 0.25) is 0 Å². The molecule has 0 fully saturated rings. The smallest absolute Gasteiger partial charge is 0.408 e. The Kier molecular flexibility index (Phi) is 2.24. The Morgan fingerprint density at radius 3 is 3.00 bits per heavy atom. The number of oxazole rings is 1. The van der Waals surface area contributed by atoms with Crippen LogP contribution in [-0.2, 0) is 0 Å². The topological polar surface area (TPSA) is 89.3 Å². The van der Waals surface area contributed by atoms with E-state index in [1.807, 2.05) is 35.7 Å². The third-order valence-electron chi connectivity index (χ3n) is 3.58. The molecule has 3 N–H and O–H groups in total. The summed E-state index contributed by atoms with van der Waals surface area (Å²) >= 11 is 0. The molecule has 21 heavy (non-hydrogen) atoms. The van der Waals surface area contributed by atoms with E-state index in [-0.39, 0.29) is 0 Å². The van der Waals surface area contributed by atoms with Gasteiger partial charge in [0.15, 0.2) is 5.58 Å². The zero-order valence-corrected chi connectivity index (χ0v) is 11.3. The Morgan fingerprint density at radius 2 is 2.19 bits per heavy atom. The van der Waals surface area contributed by atoms with E-state index in [4.69, 9.17) is 10.2 Å². The summed E-state index contributed by atoms with van der Waals surface area (Å²) in [6.07, 6.45) is 1.88. The lowest BCUT2D eigenvalue weighted by atomic mass is 10.1. The molecule has 3 heterocycles. The molecular formula is C15H12N4O2. The summed E-state index contributed by atoms with van der Waals surface area (Å²) in [5, 5.41) is 0. The van der Waals surface area contributed by atoms with Crippen molar-refractivity contribution >= 4 is 22.6 Å². The average molecular weight is 280 g/mol. The van der Waals surface area contributed by atoms with Crippen LogP contribution in [0.3, 0.4) is 0 Å². The summed E-state index contributed by atoms with van der Waals surface area (Å²) in [7, 11) is 0. The molecule has 1 aromatic carbocycles. The van der Waals surface area contributed by atoms with E-state index in [9.17, 15) is 4.79 Å². The van der Waals surface area contributed by atoms with Crippen LogP contribution in [0.15, 0.2) is 45.7 Å². The second-order valence-electron chi connectivity index (χ2n) is 4.96. The van der Waals surface area contributed by atoms with Crippen molar-refractivity contribution in [2.24, 2.45) is 0 Å². The number of fused-ring (bicyclic) bond motifs is 2. The van der Waals surface area contributed by atoms with Gasteiger partial charge in [-0.15, -0.1) is 0 Å². The van der Waals surface area contributed by atoms with Crippen LogP contribution in [0.2, 0.25) is 0 Å². The molecule has 0 radical (unpaired) electrons. The molecule has 0 aliphatic carbocycles. The van der Waals surface area contributed by atoms with Crippen LogP contribution >= 0.6 is 0 Å². The second-order valence-corrected chi connectivity index (χ2v) is 4.96. The van der Waals surface area contributed by atoms with Crippen LogP contribution in [0.1, 0.15) is 5.56 Å². The molecule has 104 valence electrons. The van der Waals surface area contributed by atoms with E-state index in [0.29, 0.717) is 22.6 Å². The monoisotopic (exact) mass is 280 g/mol. The molecule has 0 aliphatic rings. The van der Waals surface area contributed by atoms with Crippen LogP contribution < -0.4 is 11.5 Å². The first-order valence-electron chi connectivity index (χ1n) is 6.50. The molecule has 0 saturated carbocycles. The lowest BCUT2D eigenvalue weighted by Crippen LogP contribution is -1.94. The lowest BCUT2D eigenvalue weighted by molar-refractivity contribution is 0.555. The summed E-state index contributed by atoms with van der Waals surface area (Å²) < 4.78 is 6.93. The molecule has 3 aromatic heterocycles. The van der Waals surface area contributed by atoms with Crippen molar-refractivity contribution in [3.05, 3.63) is 52.6 Å². The Bertz CT molecular complexity index is 1040. The number of anilines is 1. The predicted molar refractivity (Wildman–Crippen MR) is 80.2 cm³/mol. The number of imidazole rings is 1. The lowest BCUT2D eigenvalue weighted by Gasteiger charge is -1.99. The minimum Gasteiger partial charge on any atom is -0.408 e. The minimum absolute atomic E-state index is 0.471. The van der Waals surface area contributed by atoms with Gasteiger partial charge in [-0.2, -0.15) is 0 Å². The molecule has 4 rings (SSSR count). The highest BCUT2D eigenvalue weighted by molar-refractivity contribution is 5.83. The summed E-state index contributed by atoms with van der Waals surface area (Å²) in [5.41, 5.74) is 10.7. The van der Waals surface area contributed by atoms with Crippen LogP contribution in [0, 0.1) is 6.92 Å². The van der Waals surface area contributed by atoms with Crippen LogP contribution in [0.4, 0.5) is 5.82 Å². The number of benzene rings is 1. The maximum absolute atomic E-state index is 11.2. The number of nitrogens with zero attached hydrogens (tertiary/aromatic N) is 2. The number of aromatic amines is 1. The SMILES string of the molecule is Cc1cccn2c(N)c(-c3ccc4[nH]c(=O)oc4c3)nc12. The third kappa shape index (κ3) is 1.66. The van der Waals surface area contributed by atoms with Gasteiger partial charge in [-0.05, 0) is 30.7 Å². The number of aromatic nitrogens is 3. The summed E-state index contributed by atoms with van der Waals surface area (Å²) in [6.45, 7) is 1.99. The van der Waals surface area contributed by atoms with Crippen molar-refractivity contribution in [2.75, 3.05) is 5.73 Å². The fourth-order valence-corrected chi connectivity index (χ4v) is 2.53. The number of hydrogen-bond acceptors (Lipinski definition) is 4. The van der Waals surface area contributed by atoms with Gasteiger partial charge in [0.1, 0.15) is 17.2 Å². The summed E-state index contributed by atoms with van der Waals surface area (Å²) in [5.74, 6) is 0.0897. The van der Waals surface area contributed by atoms with Gasteiger partial charge < -0.3 is 10.2 Å². The van der Waals surface area contributed by atoms with Gasteiger partial charge in [-0.25, -0.2) is 9.78 Å². The first kappa shape index (κ1) is 11.8. The highest BCUT2D eigenvalue weighted by atomic mass is 16.4. The van der Waals surface area contributed by atoms with Gasteiger partial charge in [0.25, 0.3) is 0 Å². The van der Waals surface area contributed by atoms with Crippen molar-refractivity contribution in [1.29, 1.82) is 0 Å². The number of pyridine rings is 1. The van der Waals surface area contributed by atoms with Crippen molar-refractivity contribution < 1.29 is 4.42 Å². The Labute approximate surface area is 118 Å². The zero-order valence-electron chi connectivity index (χ0n) is 11.3. The quantitative estimate of drug-likeness (QED) is 0.560. The molecule has 6 heteroatoms. The number of nitrogens with two attached hydrogens (primary N) is 1. The van der Waals surface area contributed by atoms with E-state index in [1.165, 1.54) is 0 Å². The summed E-state index contributed by atoms with van der Waals surface area (Å²) in [6, 6.07) is 9.33. The predicted octanol–water partition coefficient (Wildman–Crippen LogP) is 2.33. The van der Waals surface area contributed by atoms with Crippen molar-refractivity contribution in [3.63, 3.8) is 0 Å². The number of nitrogen functional groups attached to an aromatic ring is 1. The fraction of sp³-hybridized carbons (Fsp3) is 0.0667. The van der Waals surface area contributed by atoms with E-state index in [1.54, 1.807) is 12.1 Å². The molecule has 0 unspecified atom stereocenters. The highest BCUT2D eigenvalue weighted by Crippen LogP contribution is 2.29. The molecule has 0 bridgehead atoms. The van der Waals surface area contributed by atoms with Gasteiger partial charge in [0, 0.05) is 11.8 Å². The van der Waals surface area contributed by atoms with Crippen LogP contribution in [0.5, 0.6) is 0 Å². The molecule has 4 aromatic rings. The largest absolute Gasteiger partial charge is 0.417 e. The van der Waals surface area contributed by atoms with Gasteiger partial charge in [-0.1, -0.05) is 12.1 Å². The molecule has 0 aliphatic heterocycles. The standard InChI is InChI=1S/C15H12N4O2/c1-8-3-2-6-19-13(16)12(18-14(8)19)9-4-5-10-11(7-9)21-15(20)17-10/h2-7H,16H2,1H3,(H,17,20). The normalized spacial score (nSPS) is 11.5. The number of rotatable bonds is 1. The van der Waals surface area contributed by atoms with Gasteiger partial charge in [-0.3, -0.25) is 9.38 Å². The van der Waals surface area contributed by atoms with Crippen LogP contribution in [0.25, 0.3) is 28.0 Å². The first-order valence-corrected chi connectivity index (χ1v) is 6.50. The number of hydrogen-bond donors (Lipinski definition) is 2. The van der Waals surface area contributed by atoms with E-state index < -0.39 is 5.76 Å². The molecular weight excluding hydrogens is 268 g/mol. The van der Waals surface area contributed by atoms with Crippen molar-refractivity contribution in [3.8, 4) is 11.3 Å². The zero-order chi connectivity index (χ0) is 14.6. The van der Waals surface area contributed by atoms with Crippen molar-refractivity contribution in [2.45, 2.75) is 6.92 Å². The molecule has 0 amide bonds. The second kappa shape index (κ2) is 3.99. The maximum Gasteiger partial charge on any atom is 0.417 e. The molecule has 0 saturated heterocycles. The Morgan fingerprint density at radius 1 is 1.33 bits per heavy atom. The minimum atomic E-state index is -0.471. The first-order chi connectivity index (χ1) is 10.1. The van der Waals surface area contributed by atoms with E-state index in [0.717, 1.165) is 16.8 Å². The van der Waals surface area contributed by atoms with E-state index >= 15 is 0 Å². The Balaban J connectivity index is 2.01. The average Bonchev–Trinajstić information content (AvgIpc) is 2.99. The van der Waals surface area contributed by atoms with Crippen molar-refractivity contribution in [1.82, 2.24) is 14.4 Å². The number of H-pyrrole nitrogens is 1. The number of nitrogens with one attached hydrogen (secondary N) is 1. The van der Waals surface area contributed by atoms with Crippen LogP contribution in [-0.4, -0.2) is 14.4 Å². The molecule has 6 nitrogen and oxygen atoms in total. The number of aryl methyl sites for hydroxylation is 1. The fourth-order valence-electron chi connectivity index (χ4n) is 2.53. The molecule has 0 spiro atoms. The molecule has 0 atom stereocenters. The summed E-state index contributed by atoms with van der Waals surface area (Å²) in [4.78, 5) is 18.4. The van der Waals surface area contributed by atoms with E-state index in [2.05, 4.69) is 9.97 Å². The maximum atomic E-state index is 11.2. The van der Waals surface area contributed by atoms with Gasteiger partial charge in [0.05, 0.1) is 5.52 Å².